The van der Waals surface area contributed by atoms with Gasteiger partial charge in [0.25, 0.3) is 0 Å². The van der Waals surface area contributed by atoms with Gasteiger partial charge in [-0.15, -0.1) is 11.8 Å². The molecule has 2 aromatic rings. The fourth-order valence-electron chi connectivity index (χ4n) is 1.88. The van der Waals surface area contributed by atoms with Crippen molar-refractivity contribution in [3.05, 3.63) is 63.1 Å². The van der Waals surface area contributed by atoms with E-state index in [-0.39, 0.29) is 0 Å². The lowest BCUT2D eigenvalue weighted by Gasteiger charge is -2.09. The first kappa shape index (κ1) is 15.6. The van der Waals surface area contributed by atoms with Crippen LogP contribution in [-0.4, -0.2) is 11.1 Å². The Morgan fingerprint density at radius 3 is 2.71 bits per heavy atom. The maximum Gasteiger partial charge on any atom is 0.336 e. The van der Waals surface area contributed by atoms with Crippen molar-refractivity contribution >= 4 is 33.7 Å². The highest BCUT2D eigenvalue weighted by atomic mass is 79.9. The summed E-state index contributed by atoms with van der Waals surface area (Å²) in [7, 11) is 0. The number of nitrogens with zero attached hydrogens (tertiary/aromatic N) is 1. The molecule has 0 unspecified atom stereocenters. The maximum absolute atomic E-state index is 11.2. The van der Waals surface area contributed by atoms with Gasteiger partial charge < -0.3 is 5.11 Å². The zero-order chi connectivity index (χ0) is 15.4. The van der Waals surface area contributed by atoms with E-state index in [2.05, 4.69) is 22.0 Å². The van der Waals surface area contributed by atoms with Crippen LogP contribution in [0.15, 0.2) is 45.8 Å². The summed E-state index contributed by atoms with van der Waals surface area (Å²) in [5.74, 6) is -0.268. The molecule has 0 amide bonds. The molecule has 2 rings (SSSR count). The largest absolute Gasteiger partial charge is 0.478 e. The fourth-order valence-corrected chi connectivity index (χ4v) is 3.54. The molecule has 21 heavy (non-hydrogen) atoms. The number of carbonyl (C=O) groups is 1. The van der Waals surface area contributed by atoms with E-state index in [1.165, 1.54) is 11.8 Å². The molecule has 0 bridgehead atoms. The molecule has 0 aliphatic carbocycles. The van der Waals surface area contributed by atoms with Gasteiger partial charge in [-0.25, -0.2) is 4.79 Å². The Morgan fingerprint density at radius 1 is 1.33 bits per heavy atom. The minimum atomic E-state index is -0.929. The summed E-state index contributed by atoms with van der Waals surface area (Å²) >= 11 is 4.84. The lowest BCUT2D eigenvalue weighted by molar-refractivity contribution is 0.0693. The molecule has 3 nitrogen and oxygen atoms in total. The molecule has 0 heterocycles. The molecule has 0 aliphatic rings. The highest BCUT2D eigenvalue weighted by Crippen LogP contribution is 2.30. The standard InChI is InChI=1S/C16H12BrNO2S/c1-10-6-11(8-18)2-3-12(10)9-21-15-7-13(17)4-5-14(15)16(19)20/h2-7H,9H2,1H3,(H,19,20). The van der Waals surface area contributed by atoms with Crippen LogP contribution in [0.1, 0.15) is 27.0 Å². The molecule has 0 atom stereocenters. The minimum absolute atomic E-state index is 0.300. The zero-order valence-electron chi connectivity index (χ0n) is 11.3. The van der Waals surface area contributed by atoms with Crippen LogP contribution in [0.2, 0.25) is 0 Å². The van der Waals surface area contributed by atoms with Gasteiger partial charge in [0.2, 0.25) is 0 Å². The zero-order valence-corrected chi connectivity index (χ0v) is 13.7. The van der Waals surface area contributed by atoms with E-state index in [1.807, 2.05) is 25.1 Å². The summed E-state index contributed by atoms with van der Waals surface area (Å²) in [5, 5.41) is 18.1. The van der Waals surface area contributed by atoms with Crippen LogP contribution in [0, 0.1) is 18.3 Å². The van der Waals surface area contributed by atoms with Crippen molar-refractivity contribution in [2.75, 3.05) is 0 Å². The van der Waals surface area contributed by atoms with Crippen molar-refractivity contribution in [1.29, 1.82) is 5.26 Å². The predicted molar refractivity (Wildman–Crippen MR) is 86.6 cm³/mol. The van der Waals surface area contributed by atoms with Gasteiger partial charge in [-0.2, -0.15) is 5.26 Å². The summed E-state index contributed by atoms with van der Waals surface area (Å²) in [4.78, 5) is 12.0. The number of hydrogen-bond donors (Lipinski definition) is 1. The molecular formula is C16H12BrNO2S. The van der Waals surface area contributed by atoms with Crippen LogP contribution in [0.4, 0.5) is 0 Å². The Morgan fingerprint density at radius 2 is 2.10 bits per heavy atom. The monoisotopic (exact) mass is 361 g/mol. The van der Waals surface area contributed by atoms with Crippen LogP contribution in [0.25, 0.3) is 0 Å². The third-order valence-electron chi connectivity index (χ3n) is 3.03. The topological polar surface area (TPSA) is 61.1 Å². The van der Waals surface area contributed by atoms with E-state index in [0.29, 0.717) is 16.9 Å². The average Bonchev–Trinajstić information content (AvgIpc) is 2.45. The van der Waals surface area contributed by atoms with Crippen LogP contribution in [-0.2, 0) is 5.75 Å². The van der Waals surface area contributed by atoms with Crippen molar-refractivity contribution in [1.82, 2.24) is 0 Å². The number of hydrogen-bond acceptors (Lipinski definition) is 3. The molecule has 0 saturated heterocycles. The van der Waals surface area contributed by atoms with E-state index in [1.54, 1.807) is 18.2 Å². The van der Waals surface area contributed by atoms with Gasteiger partial charge in [0.1, 0.15) is 0 Å². The average molecular weight is 362 g/mol. The van der Waals surface area contributed by atoms with Crippen molar-refractivity contribution in [3.8, 4) is 6.07 Å². The van der Waals surface area contributed by atoms with Gasteiger partial charge in [0.05, 0.1) is 17.2 Å². The number of benzene rings is 2. The first-order valence-corrected chi connectivity index (χ1v) is 7.94. The number of aryl methyl sites for hydroxylation is 1. The summed E-state index contributed by atoms with van der Waals surface area (Å²) in [6.07, 6.45) is 0. The lowest BCUT2D eigenvalue weighted by atomic mass is 10.1. The molecular weight excluding hydrogens is 350 g/mol. The quantitative estimate of drug-likeness (QED) is 0.807. The third kappa shape index (κ3) is 3.87. The molecule has 0 spiro atoms. The third-order valence-corrected chi connectivity index (χ3v) is 4.63. The van der Waals surface area contributed by atoms with E-state index >= 15 is 0 Å². The number of thioether (sulfide) groups is 1. The Labute approximate surface area is 135 Å². The second-order valence-corrected chi connectivity index (χ2v) is 6.42. The number of carboxylic acid groups (broad SMARTS) is 1. The Kier molecular flexibility index (Phi) is 5.05. The van der Waals surface area contributed by atoms with Crippen LogP contribution < -0.4 is 0 Å². The van der Waals surface area contributed by atoms with Crippen molar-refractivity contribution in [3.63, 3.8) is 0 Å². The number of rotatable bonds is 4. The Hall–Kier alpha value is -1.77. The highest BCUT2D eigenvalue weighted by Gasteiger charge is 2.11. The minimum Gasteiger partial charge on any atom is -0.478 e. The summed E-state index contributed by atoms with van der Waals surface area (Å²) in [5.41, 5.74) is 3.06. The number of carboxylic acids is 1. The smallest absolute Gasteiger partial charge is 0.336 e. The molecule has 0 radical (unpaired) electrons. The molecule has 106 valence electrons. The van der Waals surface area contributed by atoms with Crippen LogP contribution in [0.3, 0.4) is 0 Å². The van der Waals surface area contributed by atoms with Gasteiger partial charge in [0.15, 0.2) is 0 Å². The summed E-state index contributed by atoms with van der Waals surface area (Å²) < 4.78 is 0.853. The van der Waals surface area contributed by atoms with E-state index in [4.69, 9.17) is 5.26 Å². The second-order valence-electron chi connectivity index (χ2n) is 4.49. The van der Waals surface area contributed by atoms with Crippen molar-refractivity contribution in [2.45, 2.75) is 17.6 Å². The van der Waals surface area contributed by atoms with Gasteiger partial charge in [-0.05, 0) is 48.4 Å². The summed E-state index contributed by atoms with van der Waals surface area (Å²) in [6, 6.07) is 12.8. The Bertz CT molecular complexity index is 738. The van der Waals surface area contributed by atoms with Gasteiger partial charge >= 0.3 is 5.97 Å². The van der Waals surface area contributed by atoms with Gasteiger partial charge in [0, 0.05) is 15.1 Å². The Balaban J connectivity index is 2.22. The first-order chi connectivity index (χ1) is 10.0. The maximum atomic E-state index is 11.2. The van der Waals surface area contributed by atoms with Crippen molar-refractivity contribution in [2.24, 2.45) is 0 Å². The number of aromatic carboxylic acids is 1. The van der Waals surface area contributed by atoms with E-state index in [9.17, 15) is 9.90 Å². The van der Waals surface area contributed by atoms with Crippen LogP contribution in [0.5, 0.6) is 0 Å². The molecule has 2 aromatic carbocycles. The lowest BCUT2D eigenvalue weighted by Crippen LogP contribution is -1.99. The number of nitriles is 1. The summed E-state index contributed by atoms with van der Waals surface area (Å²) in [6.45, 7) is 1.95. The number of halogens is 1. The highest BCUT2D eigenvalue weighted by molar-refractivity contribution is 9.10. The van der Waals surface area contributed by atoms with Crippen LogP contribution >= 0.6 is 27.7 Å². The van der Waals surface area contributed by atoms with Gasteiger partial charge in [-0.3, -0.25) is 0 Å². The normalized spacial score (nSPS) is 10.1. The van der Waals surface area contributed by atoms with Crippen molar-refractivity contribution < 1.29 is 9.90 Å². The second kappa shape index (κ2) is 6.79. The SMILES string of the molecule is Cc1cc(C#N)ccc1CSc1cc(Br)ccc1C(=O)O. The molecule has 0 aromatic heterocycles. The predicted octanol–water partition coefficient (Wildman–Crippen LogP) is 4.62. The van der Waals surface area contributed by atoms with Gasteiger partial charge in [-0.1, -0.05) is 22.0 Å². The van der Waals surface area contributed by atoms with E-state index < -0.39 is 5.97 Å². The molecule has 0 aliphatic heterocycles. The first-order valence-electron chi connectivity index (χ1n) is 6.16. The molecule has 0 saturated carbocycles. The molecule has 1 N–H and O–H groups in total. The van der Waals surface area contributed by atoms with E-state index in [0.717, 1.165) is 20.5 Å². The fraction of sp³-hybridized carbons (Fsp3) is 0.125. The molecule has 0 fully saturated rings. The molecule has 5 heteroatoms.